The summed E-state index contributed by atoms with van der Waals surface area (Å²) >= 11 is 0. The first-order chi connectivity index (χ1) is 8.22. The molecule has 2 atom stereocenters. The number of rotatable bonds is 3. The molecule has 94 valence electrons. The van der Waals surface area contributed by atoms with Crippen LogP contribution in [0.1, 0.15) is 12.6 Å². The molecule has 5 heteroatoms. The standard InChI is InChI=1S/C12H19N3O2/c1-9-6-15(7-11(8-16)17-9)12-4-2-3-10(5-13)14-12/h2-4,9,11,16H,5-8,13H2,1H3. The molecule has 0 spiro atoms. The highest BCUT2D eigenvalue weighted by Crippen LogP contribution is 2.18. The molecule has 1 aliphatic rings. The first-order valence-corrected chi connectivity index (χ1v) is 5.90. The highest BCUT2D eigenvalue weighted by atomic mass is 16.5. The van der Waals surface area contributed by atoms with Crippen molar-refractivity contribution in [1.82, 2.24) is 4.98 Å². The number of aliphatic hydroxyl groups is 1. The van der Waals surface area contributed by atoms with Gasteiger partial charge in [0.15, 0.2) is 0 Å². The normalized spacial score (nSPS) is 25.0. The Morgan fingerprint density at radius 2 is 2.35 bits per heavy atom. The molecule has 0 amide bonds. The number of morpholine rings is 1. The van der Waals surface area contributed by atoms with E-state index in [9.17, 15) is 5.11 Å². The predicted octanol–water partition coefficient (Wildman–Crippen LogP) is 0.126. The number of aromatic nitrogens is 1. The summed E-state index contributed by atoms with van der Waals surface area (Å²) in [5.41, 5.74) is 6.46. The molecule has 17 heavy (non-hydrogen) atoms. The number of aliphatic hydroxyl groups excluding tert-OH is 1. The third-order valence-electron chi connectivity index (χ3n) is 2.86. The molecule has 1 aliphatic heterocycles. The third-order valence-corrected chi connectivity index (χ3v) is 2.86. The van der Waals surface area contributed by atoms with Crippen molar-refractivity contribution < 1.29 is 9.84 Å². The van der Waals surface area contributed by atoms with Crippen LogP contribution < -0.4 is 10.6 Å². The van der Waals surface area contributed by atoms with E-state index >= 15 is 0 Å². The van der Waals surface area contributed by atoms with Gasteiger partial charge in [-0.3, -0.25) is 0 Å². The Morgan fingerprint density at radius 1 is 1.53 bits per heavy atom. The number of hydrogen-bond donors (Lipinski definition) is 2. The molecule has 2 unspecified atom stereocenters. The highest BCUT2D eigenvalue weighted by Gasteiger charge is 2.25. The topological polar surface area (TPSA) is 71.6 Å². The molecule has 0 aliphatic carbocycles. The van der Waals surface area contributed by atoms with Crippen molar-refractivity contribution in [2.45, 2.75) is 25.7 Å². The van der Waals surface area contributed by atoms with E-state index in [0.717, 1.165) is 18.1 Å². The van der Waals surface area contributed by atoms with Gasteiger partial charge in [0.1, 0.15) is 5.82 Å². The van der Waals surface area contributed by atoms with Crippen molar-refractivity contribution in [1.29, 1.82) is 0 Å². The summed E-state index contributed by atoms with van der Waals surface area (Å²) in [5, 5.41) is 9.18. The van der Waals surface area contributed by atoms with Gasteiger partial charge in [-0.1, -0.05) is 6.07 Å². The van der Waals surface area contributed by atoms with Crippen LogP contribution in [0, 0.1) is 0 Å². The second-order valence-corrected chi connectivity index (χ2v) is 4.35. The first kappa shape index (κ1) is 12.3. The number of anilines is 1. The van der Waals surface area contributed by atoms with Crippen LogP contribution in [-0.4, -0.2) is 42.0 Å². The molecule has 5 nitrogen and oxygen atoms in total. The molecule has 1 aromatic heterocycles. The summed E-state index contributed by atoms with van der Waals surface area (Å²) in [6.45, 7) is 3.94. The first-order valence-electron chi connectivity index (χ1n) is 5.90. The molecule has 3 N–H and O–H groups in total. The van der Waals surface area contributed by atoms with Gasteiger partial charge in [0.2, 0.25) is 0 Å². The van der Waals surface area contributed by atoms with Gasteiger partial charge in [-0.05, 0) is 19.1 Å². The minimum Gasteiger partial charge on any atom is -0.394 e. The van der Waals surface area contributed by atoms with Gasteiger partial charge in [0.25, 0.3) is 0 Å². The average molecular weight is 237 g/mol. The predicted molar refractivity (Wildman–Crippen MR) is 65.8 cm³/mol. The van der Waals surface area contributed by atoms with Crippen molar-refractivity contribution in [3.05, 3.63) is 23.9 Å². The second kappa shape index (κ2) is 5.44. The van der Waals surface area contributed by atoms with Crippen molar-refractivity contribution in [2.24, 2.45) is 5.73 Å². The number of hydrogen-bond acceptors (Lipinski definition) is 5. The van der Waals surface area contributed by atoms with Crippen molar-refractivity contribution in [2.75, 3.05) is 24.6 Å². The van der Waals surface area contributed by atoms with Gasteiger partial charge in [-0.2, -0.15) is 0 Å². The Balaban J connectivity index is 2.14. The summed E-state index contributed by atoms with van der Waals surface area (Å²) < 4.78 is 5.60. The van der Waals surface area contributed by atoms with Crippen molar-refractivity contribution in [3.8, 4) is 0 Å². The maximum absolute atomic E-state index is 9.18. The fourth-order valence-corrected chi connectivity index (χ4v) is 2.09. The monoisotopic (exact) mass is 237 g/mol. The molecular formula is C12H19N3O2. The zero-order valence-electron chi connectivity index (χ0n) is 10.0. The minimum absolute atomic E-state index is 0.0391. The van der Waals surface area contributed by atoms with Gasteiger partial charge in [0, 0.05) is 19.6 Å². The molecule has 0 saturated carbocycles. The van der Waals surface area contributed by atoms with E-state index in [1.165, 1.54) is 0 Å². The van der Waals surface area contributed by atoms with Crippen LogP contribution in [0.15, 0.2) is 18.2 Å². The Kier molecular flexibility index (Phi) is 3.93. The highest BCUT2D eigenvalue weighted by molar-refractivity contribution is 5.40. The number of nitrogens with zero attached hydrogens (tertiary/aromatic N) is 2. The van der Waals surface area contributed by atoms with E-state index in [0.29, 0.717) is 13.1 Å². The molecule has 1 aromatic rings. The maximum Gasteiger partial charge on any atom is 0.129 e. The lowest BCUT2D eigenvalue weighted by atomic mass is 10.2. The molecule has 1 fully saturated rings. The van der Waals surface area contributed by atoms with Gasteiger partial charge in [0.05, 0.1) is 24.5 Å². The van der Waals surface area contributed by atoms with Crippen LogP contribution in [0.5, 0.6) is 0 Å². The molecule has 2 heterocycles. The van der Waals surface area contributed by atoms with Gasteiger partial charge >= 0.3 is 0 Å². The molecule has 0 radical (unpaired) electrons. The second-order valence-electron chi connectivity index (χ2n) is 4.35. The molecule has 0 bridgehead atoms. The van der Waals surface area contributed by atoms with Crippen LogP contribution in [-0.2, 0) is 11.3 Å². The molecule has 2 rings (SSSR count). The minimum atomic E-state index is -0.137. The Labute approximate surface area is 101 Å². The average Bonchev–Trinajstić information content (AvgIpc) is 2.38. The Bertz CT molecular complexity index is 373. The number of pyridine rings is 1. The lowest BCUT2D eigenvalue weighted by molar-refractivity contribution is -0.0423. The zero-order chi connectivity index (χ0) is 12.3. The van der Waals surface area contributed by atoms with E-state index in [-0.39, 0.29) is 18.8 Å². The Morgan fingerprint density at radius 3 is 3.06 bits per heavy atom. The molecular weight excluding hydrogens is 218 g/mol. The van der Waals surface area contributed by atoms with Crippen LogP contribution in [0.25, 0.3) is 0 Å². The maximum atomic E-state index is 9.18. The summed E-state index contributed by atoms with van der Waals surface area (Å²) in [7, 11) is 0. The summed E-state index contributed by atoms with van der Waals surface area (Å²) in [6.07, 6.45) is -0.0358. The van der Waals surface area contributed by atoms with E-state index in [1.54, 1.807) is 0 Å². The Hall–Kier alpha value is -1.17. The molecule has 0 aromatic carbocycles. The molecule has 1 saturated heterocycles. The van der Waals surface area contributed by atoms with E-state index < -0.39 is 0 Å². The summed E-state index contributed by atoms with van der Waals surface area (Å²) in [4.78, 5) is 6.61. The smallest absolute Gasteiger partial charge is 0.129 e. The van der Waals surface area contributed by atoms with E-state index in [4.69, 9.17) is 10.5 Å². The van der Waals surface area contributed by atoms with Gasteiger partial charge in [-0.25, -0.2) is 4.98 Å². The summed E-state index contributed by atoms with van der Waals surface area (Å²) in [6, 6.07) is 5.83. The largest absolute Gasteiger partial charge is 0.394 e. The van der Waals surface area contributed by atoms with Crippen molar-refractivity contribution in [3.63, 3.8) is 0 Å². The van der Waals surface area contributed by atoms with Crippen molar-refractivity contribution >= 4 is 5.82 Å². The van der Waals surface area contributed by atoms with Crippen LogP contribution in [0.3, 0.4) is 0 Å². The lowest BCUT2D eigenvalue weighted by Crippen LogP contribution is -2.48. The third kappa shape index (κ3) is 2.94. The number of nitrogens with two attached hydrogens (primary N) is 1. The fourth-order valence-electron chi connectivity index (χ4n) is 2.09. The van der Waals surface area contributed by atoms with Gasteiger partial charge in [-0.15, -0.1) is 0 Å². The van der Waals surface area contributed by atoms with Crippen LogP contribution >= 0.6 is 0 Å². The van der Waals surface area contributed by atoms with Gasteiger partial charge < -0.3 is 20.5 Å². The quantitative estimate of drug-likeness (QED) is 0.781. The van der Waals surface area contributed by atoms with Crippen LogP contribution in [0.2, 0.25) is 0 Å². The fraction of sp³-hybridized carbons (Fsp3) is 0.583. The SMILES string of the molecule is CC1CN(c2cccc(CN)n2)CC(CO)O1. The number of ether oxygens (including phenoxy) is 1. The summed E-state index contributed by atoms with van der Waals surface area (Å²) in [5.74, 6) is 0.904. The van der Waals surface area contributed by atoms with Crippen LogP contribution in [0.4, 0.5) is 5.82 Å². The van der Waals surface area contributed by atoms with E-state index in [1.807, 2.05) is 25.1 Å². The lowest BCUT2D eigenvalue weighted by Gasteiger charge is -2.36. The zero-order valence-corrected chi connectivity index (χ0v) is 10.0. The van der Waals surface area contributed by atoms with E-state index in [2.05, 4.69) is 9.88 Å².